The van der Waals surface area contributed by atoms with E-state index in [1.807, 2.05) is 0 Å². The molecule has 7 heteroatoms. The summed E-state index contributed by atoms with van der Waals surface area (Å²) in [6.45, 7) is 0. The van der Waals surface area contributed by atoms with E-state index in [2.05, 4.69) is 21.2 Å². The van der Waals surface area contributed by atoms with Crippen LogP contribution in [0.25, 0.3) is 0 Å². The molecule has 2 aromatic carbocycles. The van der Waals surface area contributed by atoms with Gasteiger partial charge in [0.25, 0.3) is 11.6 Å². The predicted octanol–water partition coefficient (Wildman–Crippen LogP) is 3.75. The van der Waals surface area contributed by atoms with Gasteiger partial charge in [-0.3, -0.25) is 14.9 Å². The number of nitro benzene ring substituents is 1. The lowest BCUT2D eigenvalue weighted by atomic mass is 10.2. The predicted molar refractivity (Wildman–Crippen MR) is 75.1 cm³/mol. The number of nitrogens with one attached hydrogen (secondary N) is 1. The number of benzene rings is 2. The number of halogens is 2. The highest BCUT2D eigenvalue weighted by molar-refractivity contribution is 9.10. The molecule has 0 bridgehead atoms. The summed E-state index contributed by atoms with van der Waals surface area (Å²) >= 11 is 3.01. The van der Waals surface area contributed by atoms with Crippen molar-refractivity contribution >= 4 is 33.2 Å². The number of nitro groups is 1. The Balaban J connectivity index is 2.21. The van der Waals surface area contributed by atoms with E-state index in [4.69, 9.17) is 0 Å². The second kappa shape index (κ2) is 5.79. The lowest BCUT2D eigenvalue weighted by Gasteiger charge is -2.06. The third-order valence-corrected chi connectivity index (χ3v) is 3.10. The minimum atomic E-state index is -0.578. The molecule has 0 aliphatic carbocycles. The highest BCUT2D eigenvalue weighted by Crippen LogP contribution is 2.21. The standard InChI is InChI=1S/C13H8BrFN2O3/c14-11-7-9(4-5-12(11)15)16-13(18)8-2-1-3-10(6-8)17(19)20/h1-7H,(H,16,18). The van der Waals surface area contributed by atoms with Crippen LogP contribution < -0.4 is 5.32 Å². The van der Waals surface area contributed by atoms with E-state index < -0.39 is 16.6 Å². The van der Waals surface area contributed by atoms with Gasteiger partial charge in [0.05, 0.1) is 9.40 Å². The van der Waals surface area contributed by atoms with Crippen LogP contribution in [0.15, 0.2) is 46.9 Å². The largest absolute Gasteiger partial charge is 0.322 e. The third-order valence-electron chi connectivity index (χ3n) is 2.50. The number of nitrogens with zero attached hydrogens (tertiary/aromatic N) is 1. The summed E-state index contributed by atoms with van der Waals surface area (Å²) in [4.78, 5) is 22.0. The topological polar surface area (TPSA) is 72.2 Å². The number of hydrogen-bond acceptors (Lipinski definition) is 3. The fourth-order valence-corrected chi connectivity index (χ4v) is 1.92. The first-order valence-corrected chi connectivity index (χ1v) is 6.27. The van der Waals surface area contributed by atoms with E-state index in [-0.39, 0.29) is 15.7 Å². The molecule has 0 saturated carbocycles. The van der Waals surface area contributed by atoms with Crippen molar-refractivity contribution in [3.8, 4) is 0 Å². The lowest BCUT2D eigenvalue weighted by Crippen LogP contribution is -2.12. The van der Waals surface area contributed by atoms with Crippen LogP contribution in [-0.4, -0.2) is 10.8 Å². The smallest absolute Gasteiger partial charge is 0.270 e. The molecule has 1 N–H and O–H groups in total. The van der Waals surface area contributed by atoms with E-state index in [1.54, 1.807) is 0 Å². The van der Waals surface area contributed by atoms with Gasteiger partial charge in [0, 0.05) is 23.4 Å². The summed E-state index contributed by atoms with van der Waals surface area (Å²) in [5.74, 6) is -0.953. The van der Waals surface area contributed by atoms with Crippen molar-refractivity contribution in [1.82, 2.24) is 0 Å². The van der Waals surface area contributed by atoms with Gasteiger partial charge < -0.3 is 5.32 Å². The van der Waals surface area contributed by atoms with Gasteiger partial charge in [0.15, 0.2) is 0 Å². The Bertz CT molecular complexity index is 691. The zero-order valence-electron chi connectivity index (χ0n) is 9.97. The average Bonchev–Trinajstić information content (AvgIpc) is 2.43. The third kappa shape index (κ3) is 3.18. The second-order valence-electron chi connectivity index (χ2n) is 3.89. The zero-order valence-corrected chi connectivity index (χ0v) is 11.6. The monoisotopic (exact) mass is 338 g/mol. The van der Waals surface area contributed by atoms with Crippen LogP contribution in [0, 0.1) is 15.9 Å². The summed E-state index contributed by atoms with van der Waals surface area (Å²) in [5.41, 5.74) is 0.368. The molecule has 0 saturated heterocycles. The molecule has 20 heavy (non-hydrogen) atoms. The van der Waals surface area contributed by atoms with E-state index in [0.29, 0.717) is 5.69 Å². The van der Waals surface area contributed by atoms with Crippen molar-refractivity contribution in [2.45, 2.75) is 0 Å². The Morgan fingerprint density at radius 3 is 2.65 bits per heavy atom. The van der Waals surface area contributed by atoms with Crippen LogP contribution in [-0.2, 0) is 0 Å². The Morgan fingerprint density at radius 2 is 2.00 bits per heavy atom. The molecule has 5 nitrogen and oxygen atoms in total. The minimum absolute atomic E-state index is 0.152. The number of non-ortho nitro benzene ring substituents is 1. The summed E-state index contributed by atoms with van der Waals surface area (Å²) < 4.78 is 13.3. The van der Waals surface area contributed by atoms with E-state index >= 15 is 0 Å². The SMILES string of the molecule is O=C(Nc1ccc(F)c(Br)c1)c1cccc([N+](=O)[O-])c1. The van der Waals surface area contributed by atoms with Crippen LogP contribution >= 0.6 is 15.9 Å². The molecule has 0 aromatic heterocycles. The van der Waals surface area contributed by atoms with Crippen LogP contribution in [0.3, 0.4) is 0 Å². The normalized spacial score (nSPS) is 10.1. The molecule has 0 aliphatic heterocycles. The lowest BCUT2D eigenvalue weighted by molar-refractivity contribution is -0.384. The van der Waals surface area contributed by atoms with Gasteiger partial charge in [-0.25, -0.2) is 4.39 Å². The maximum Gasteiger partial charge on any atom is 0.270 e. The molecule has 0 aliphatic rings. The van der Waals surface area contributed by atoms with Crippen molar-refractivity contribution in [3.63, 3.8) is 0 Å². The van der Waals surface area contributed by atoms with Crippen molar-refractivity contribution in [2.75, 3.05) is 5.32 Å². The number of carbonyl (C=O) groups is 1. The first kappa shape index (κ1) is 14.1. The maximum atomic E-state index is 13.1. The number of anilines is 1. The van der Waals surface area contributed by atoms with Crippen molar-refractivity contribution < 1.29 is 14.1 Å². The summed E-state index contributed by atoms with van der Waals surface area (Å²) in [6.07, 6.45) is 0. The summed E-state index contributed by atoms with van der Waals surface area (Å²) in [7, 11) is 0. The van der Waals surface area contributed by atoms with Crippen molar-refractivity contribution in [3.05, 3.63) is 68.4 Å². The molecular formula is C13H8BrFN2O3. The van der Waals surface area contributed by atoms with Crippen molar-refractivity contribution in [2.24, 2.45) is 0 Å². The number of amides is 1. The Hall–Kier alpha value is -2.28. The molecule has 0 heterocycles. The van der Waals surface area contributed by atoms with E-state index in [0.717, 1.165) is 0 Å². The molecule has 2 rings (SSSR count). The first-order valence-electron chi connectivity index (χ1n) is 5.48. The Labute approximate surface area is 121 Å². The number of hydrogen-bond donors (Lipinski definition) is 1. The Kier molecular flexibility index (Phi) is 4.09. The van der Waals surface area contributed by atoms with Crippen LogP contribution in [0.5, 0.6) is 0 Å². The van der Waals surface area contributed by atoms with Gasteiger partial charge in [0.2, 0.25) is 0 Å². The average molecular weight is 339 g/mol. The fraction of sp³-hybridized carbons (Fsp3) is 0. The molecule has 0 radical (unpaired) electrons. The van der Waals surface area contributed by atoms with Gasteiger partial charge >= 0.3 is 0 Å². The Morgan fingerprint density at radius 1 is 1.25 bits per heavy atom. The molecule has 0 fully saturated rings. The zero-order chi connectivity index (χ0) is 14.7. The van der Waals surface area contributed by atoms with Crippen LogP contribution in [0.2, 0.25) is 0 Å². The van der Waals surface area contributed by atoms with Gasteiger partial charge in [-0.1, -0.05) is 6.07 Å². The number of rotatable bonds is 3. The minimum Gasteiger partial charge on any atom is -0.322 e. The van der Waals surface area contributed by atoms with Gasteiger partial charge in [-0.05, 0) is 40.2 Å². The molecule has 1 amide bonds. The first-order chi connectivity index (χ1) is 9.47. The second-order valence-corrected chi connectivity index (χ2v) is 4.74. The van der Waals surface area contributed by atoms with Gasteiger partial charge in [-0.15, -0.1) is 0 Å². The molecule has 0 spiro atoms. The summed E-state index contributed by atoms with van der Waals surface area (Å²) in [5, 5.41) is 13.2. The molecule has 0 unspecified atom stereocenters. The van der Waals surface area contributed by atoms with Crippen molar-refractivity contribution in [1.29, 1.82) is 0 Å². The van der Waals surface area contributed by atoms with E-state index in [1.165, 1.54) is 42.5 Å². The van der Waals surface area contributed by atoms with Crippen LogP contribution in [0.4, 0.5) is 15.8 Å². The maximum absolute atomic E-state index is 13.1. The van der Waals surface area contributed by atoms with Gasteiger partial charge in [-0.2, -0.15) is 0 Å². The molecule has 102 valence electrons. The number of carbonyl (C=O) groups excluding carboxylic acids is 1. The highest BCUT2D eigenvalue weighted by Gasteiger charge is 2.12. The summed E-state index contributed by atoms with van der Waals surface area (Å²) in [6, 6.07) is 9.36. The highest BCUT2D eigenvalue weighted by atomic mass is 79.9. The van der Waals surface area contributed by atoms with Gasteiger partial charge in [0.1, 0.15) is 5.82 Å². The molecular weight excluding hydrogens is 331 g/mol. The molecule has 2 aromatic rings. The van der Waals surface area contributed by atoms with E-state index in [9.17, 15) is 19.3 Å². The quantitative estimate of drug-likeness (QED) is 0.684. The molecule has 0 atom stereocenters. The van der Waals surface area contributed by atoms with Crippen LogP contribution in [0.1, 0.15) is 10.4 Å². The fourth-order valence-electron chi connectivity index (χ4n) is 1.54.